The Morgan fingerprint density at radius 2 is 1.29 bits per heavy atom. The van der Waals surface area contributed by atoms with E-state index < -0.39 is 15.5 Å². The highest BCUT2D eigenvalue weighted by Crippen LogP contribution is 2.24. The number of hydrogen-bond acceptors (Lipinski definition) is 7. The highest BCUT2D eigenvalue weighted by molar-refractivity contribution is 7.91. The van der Waals surface area contributed by atoms with E-state index in [4.69, 9.17) is 11.1 Å². The topological polar surface area (TPSA) is 151 Å². The lowest BCUT2D eigenvalue weighted by Crippen LogP contribution is -2.21. The summed E-state index contributed by atoms with van der Waals surface area (Å²) in [5, 5.41) is 16.5. The normalized spacial score (nSPS) is 9.68. The molecule has 0 spiro atoms. The van der Waals surface area contributed by atoms with Gasteiger partial charge in [0.2, 0.25) is 0 Å². The Bertz CT molecular complexity index is 941. The fourth-order valence-corrected chi connectivity index (χ4v) is 1.34. The molecule has 5 N–H and O–H groups in total. The van der Waals surface area contributed by atoms with Crippen molar-refractivity contribution in [3.8, 4) is 0 Å². The van der Waals surface area contributed by atoms with Crippen molar-refractivity contribution >= 4 is 27.4 Å². The molecule has 0 saturated heterocycles. The maximum absolute atomic E-state index is 11.5. The lowest BCUT2D eigenvalue weighted by molar-refractivity contribution is -0.0435. The maximum Gasteiger partial charge on any atom is 0.518 e. The van der Waals surface area contributed by atoms with Gasteiger partial charge in [-0.15, -0.1) is 6.58 Å². The fourth-order valence-electron chi connectivity index (χ4n) is 0.759. The fraction of sp³-hybridized carbons (Fsp3) is 0.500. The second-order valence-electron chi connectivity index (χ2n) is 7.63. The predicted molar refractivity (Wildman–Crippen MR) is 156 cm³/mol. The van der Waals surface area contributed by atoms with Crippen molar-refractivity contribution in [3.63, 3.8) is 0 Å². The SMILES string of the molecule is C=C(C)C.C=C(C)NC.C=C(C)NC.CC(=N)n1cccn1.CC(C)=NS(=O)(=O)C(F)(F)F.CN=C(C)N. The van der Waals surface area contributed by atoms with Crippen LogP contribution in [0.1, 0.15) is 55.4 Å². The lowest BCUT2D eigenvalue weighted by Gasteiger charge is -2.01. The molecule has 10 nitrogen and oxygen atoms in total. The Morgan fingerprint density at radius 1 is 0.974 bits per heavy atom. The van der Waals surface area contributed by atoms with Gasteiger partial charge in [0.1, 0.15) is 5.84 Å². The molecule has 0 aromatic carbocycles. The molecule has 0 amide bonds. The summed E-state index contributed by atoms with van der Waals surface area (Å²) in [4.78, 5) is 3.58. The molecule has 14 heteroatoms. The molecule has 38 heavy (non-hydrogen) atoms. The third-order valence-corrected chi connectivity index (χ3v) is 3.84. The van der Waals surface area contributed by atoms with Gasteiger partial charge in [-0.1, -0.05) is 18.7 Å². The monoisotopic (exact) mass is 568 g/mol. The third-order valence-electron chi connectivity index (χ3n) is 2.65. The summed E-state index contributed by atoms with van der Waals surface area (Å²) in [5.74, 6) is 1.07. The Hall–Kier alpha value is -3.42. The number of hydrogen-bond donors (Lipinski definition) is 4. The average molecular weight is 569 g/mol. The summed E-state index contributed by atoms with van der Waals surface area (Å²) in [5.41, 5.74) is 2.78. The number of nitrogens with zero attached hydrogens (tertiary/aromatic N) is 4. The number of nitrogens with one attached hydrogen (secondary N) is 3. The van der Waals surface area contributed by atoms with Crippen molar-refractivity contribution in [2.45, 2.75) is 60.9 Å². The van der Waals surface area contributed by atoms with Crippen molar-refractivity contribution in [2.24, 2.45) is 15.1 Å². The van der Waals surface area contributed by atoms with E-state index >= 15 is 0 Å². The lowest BCUT2D eigenvalue weighted by atomic mass is 10.4. The molecule has 0 fully saturated rings. The van der Waals surface area contributed by atoms with Crippen LogP contribution >= 0.6 is 0 Å². The van der Waals surface area contributed by atoms with Crippen molar-refractivity contribution < 1.29 is 21.6 Å². The number of aromatic nitrogens is 2. The number of aliphatic imine (C=N–C) groups is 1. The summed E-state index contributed by atoms with van der Waals surface area (Å²) in [6.07, 6.45) is 3.39. The summed E-state index contributed by atoms with van der Waals surface area (Å²) >= 11 is 0. The molecule has 0 radical (unpaired) electrons. The first kappa shape index (κ1) is 44.6. The zero-order valence-electron chi connectivity index (χ0n) is 24.6. The number of halogens is 3. The van der Waals surface area contributed by atoms with E-state index in [0.717, 1.165) is 11.4 Å². The van der Waals surface area contributed by atoms with E-state index in [0.29, 0.717) is 11.7 Å². The number of allylic oxidation sites excluding steroid dienone is 3. The van der Waals surface area contributed by atoms with Gasteiger partial charge in [-0.25, -0.2) is 4.68 Å². The largest absolute Gasteiger partial charge is 0.518 e. The maximum atomic E-state index is 11.5. The van der Waals surface area contributed by atoms with E-state index in [1.807, 2.05) is 41.8 Å². The molecule has 1 aromatic heterocycles. The van der Waals surface area contributed by atoms with Gasteiger partial charge < -0.3 is 16.4 Å². The molecule has 0 aliphatic carbocycles. The second kappa shape index (κ2) is 25.2. The standard InChI is InChI=1S/C5H7N3.C4H6F3NO2S.2C4H9N.C4H8.C3H8N2/c1-5(6)8-4-2-3-7-8;1-3(2)8-11(9,10)4(5,6)7;2*1-4(2)5-3;1-4(2)3;1-3(4)5-2/h2-4,6H,1H3;1-2H3;2*5H,1H2,2-3H3;1H2,2-3H3;1-2H3,(H2,4,5). The number of alkyl halides is 3. The van der Waals surface area contributed by atoms with E-state index in [1.165, 1.54) is 24.1 Å². The Morgan fingerprint density at radius 3 is 1.37 bits per heavy atom. The average Bonchev–Trinajstić information content (AvgIpc) is 3.28. The molecule has 0 unspecified atom stereocenters. The van der Waals surface area contributed by atoms with Crippen molar-refractivity contribution in [3.05, 3.63) is 55.2 Å². The molecule has 0 aliphatic heterocycles. The first-order valence-corrected chi connectivity index (χ1v) is 12.3. The van der Waals surface area contributed by atoms with Gasteiger partial charge in [0.15, 0.2) is 0 Å². The molecule has 0 aliphatic rings. The van der Waals surface area contributed by atoms with Crippen molar-refractivity contribution in [1.29, 1.82) is 5.41 Å². The van der Waals surface area contributed by atoms with E-state index in [9.17, 15) is 21.6 Å². The molecule has 1 heterocycles. The van der Waals surface area contributed by atoms with Gasteiger partial charge in [0, 0.05) is 39.2 Å². The van der Waals surface area contributed by atoms with Crippen LogP contribution in [0.3, 0.4) is 0 Å². The molecular formula is C24H47F3N8O2S. The molecule has 1 aromatic rings. The van der Waals surface area contributed by atoms with Gasteiger partial charge >= 0.3 is 15.5 Å². The minimum Gasteiger partial charge on any atom is -0.392 e. The van der Waals surface area contributed by atoms with Crippen molar-refractivity contribution in [2.75, 3.05) is 21.1 Å². The quantitative estimate of drug-likeness (QED) is 0.226. The molecular weight excluding hydrogens is 521 g/mol. The van der Waals surface area contributed by atoms with Crippen LogP contribution in [0.5, 0.6) is 0 Å². The minimum absolute atomic E-state index is 0.151. The van der Waals surface area contributed by atoms with Crippen LogP contribution in [0.4, 0.5) is 13.2 Å². The summed E-state index contributed by atoms with van der Waals surface area (Å²) in [6, 6.07) is 1.79. The van der Waals surface area contributed by atoms with E-state index in [1.54, 1.807) is 39.4 Å². The molecule has 222 valence electrons. The molecule has 0 saturated carbocycles. The van der Waals surface area contributed by atoms with Crippen LogP contribution in [-0.4, -0.2) is 62.2 Å². The first-order chi connectivity index (χ1) is 17.0. The molecule has 0 bridgehead atoms. The number of rotatable bonds is 3. The van der Waals surface area contributed by atoms with Crippen molar-refractivity contribution in [1.82, 2.24) is 20.4 Å². The highest BCUT2D eigenvalue weighted by atomic mass is 32.2. The zero-order valence-corrected chi connectivity index (χ0v) is 25.4. The van der Waals surface area contributed by atoms with E-state index in [2.05, 4.69) is 44.9 Å². The summed E-state index contributed by atoms with van der Waals surface area (Å²) in [6.45, 7) is 24.2. The number of amidine groups is 1. The van der Waals surface area contributed by atoms with Crippen LogP contribution in [0.25, 0.3) is 0 Å². The first-order valence-electron chi connectivity index (χ1n) is 10.9. The third kappa shape index (κ3) is 42.7. The van der Waals surface area contributed by atoms with Gasteiger partial charge in [0.25, 0.3) is 0 Å². The zero-order chi connectivity index (χ0) is 31.7. The Labute approximate surface area is 227 Å². The second-order valence-corrected chi connectivity index (χ2v) is 9.22. The Kier molecular flexibility index (Phi) is 29.6. The van der Waals surface area contributed by atoms with Crippen LogP contribution in [0.2, 0.25) is 0 Å². The van der Waals surface area contributed by atoms with Gasteiger partial charge in [-0.2, -0.15) is 31.1 Å². The number of sulfonamides is 1. The predicted octanol–water partition coefficient (Wildman–Crippen LogP) is 5.10. The Balaban J connectivity index is -0.000000120. The molecule has 1 rings (SSSR count). The van der Waals surface area contributed by atoms with Crippen LogP contribution in [0, 0.1) is 5.41 Å². The smallest absolute Gasteiger partial charge is 0.392 e. The van der Waals surface area contributed by atoms with Gasteiger partial charge in [-0.05, 0) is 72.9 Å². The highest BCUT2D eigenvalue weighted by Gasteiger charge is 2.45. The molecule has 0 atom stereocenters. The van der Waals surface area contributed by atoms with Gasteiger partial charge in [-0.3, -0.25) is 10.4 Å². The van der Waals surface area contributed by atoms with E-state index in [-0.39, 0.29) is 5.71 Å². The van der Waals surface area contributed by atoms with Gasteiger partial charge in [0.05, 0.1) is 5.84 Å². The van der Waals surface area contributed by atoms with Crippen LogP contribution in [0.15, 0.2) is 64.6 Å². The van der Waals surface area contributed by atoms with Crippen LogP contribution in [-0.2, 0) is 10.0 Å². The summed E-state index contributed by atoms with van der Waals surface area (Å²) < 4.78 is 58.7. The summed E-state index contributed by atoms with van der Waals surface area (Å²) in [7, 11) is 0.0521. The minimum atomic E-state index is -5.31. The number of nitrogens with two attached hydrogens (primary N) is 1. The van der Waals surface area contributed by atoms with Crippen LogP contribution < -0.4 is 16.4 Å².